The van der Waals surface area contributed by atoms with Gasteiger partial charge in [0.15, 0.2) is 34.9 Å². The quantitative estimate of drug-likeness (QED) is 0.519. The van der Waals surface area contributed by atoms with Crippen LogP contribution in [-0.2, 0) is 11.2 Å². The zero-order valence-electron chi connectivity index (χ0n) is 14.0. The maximum atomic E-state index is 11.5. The Bertz CT molecular complexity index is 813. The Labute approximate surface area is 149 Å². The first-order valence-corrected chi connectivity index (χ1v) is 7.98. The molecule has 3 rings (SSSR count). The van der Waals surface area contributed by atoms with Gasteiger partial charge in [-0.05, 0) is 36.2 Å². The van der Waals surface area contributed by atoms with Crippen LogP contribution in [0.15, 0.2) is 30.3 Å². The van der Waals surface area contributed by atoms with Crippen molar-refractivity contribution >= 4 is 5.91 Å². The van der Waals surface area contributed by atoms with Gasteiger partial charge in [0.2, 0.25) is 12.1 Å². The summed E-state index contributed by atoms with van der Waals surface area (Å²) in [4.78, 5) is 11.5. The number of carbonyl (C=O) groups excluding carboxylic acids is 1. The third kappa shape index (κ3) is 3.45. The van der Waals surface area contributed by atoms with Crippen LogP contribution in [0.4, 0.5) is 0 Å². The molecule has 2 atom stereocenters. The number of ether oxygens (including phenoxy) is 2. The van der Waals surface area contributed by atoms with Gasteiger partial charge in [0.1, 0.15) is 0 Å². The van der Waals surface area contributed by atoms with Crippen molar-refractivity contribution in [3.05, 3.63) is 41.5 Å². The molecule has 0 saturated carbocycles. The van der Waals surface area contributed by atoms with Crippen LogP contribution in [0.3, 0.4) is 0 Å². The second kappa shape index (κ2) is 7.01. The average Bonchev–Trinajstić information content (AvgIpc) is 2.58. The van der Waals surface area contributed by atoms with Crippen molar-refractivity contribution in [2.45, 2.75) is 25.7 Å². The van der Waals surface area contributed by atoms with Crippen molar-refractivity contribution in [3.8, 4) is 28.7 Å². The van der Waals surface area contributed by atoms with E-state index < -0.39 is 29.6 Å². The van der Waals surface area contributed by atoms with Gasteiger partial charge in [-0.15, -0.1) is 0 Å². The number of hydrogen-bond acceptors (Lipinski definition) is 7. The fourth-order valence-corrected chi connectivity index (χ4v) is 2.76. The summed E-state index contributed by atoms with van der Waals surface area (Å²) in [7, 11) is 0. The summed E-state index contributed by atoms with van der Waals surface area (Å²) in [5.74, 6) is -1.23. The lowest BCUT2D eigenvalue weighted by Crippen LogP contribution is -2.46. The van der Waals surface area contributed by atoms with Crippen LogP contribution < -0.4 is 14.8 Å². The van der Waals surface area contributed by atoms with Gasteiger partial charge in [-0.1, -0.05) is 6.07 Å². The maximum Gasteiger partial charge on any atom is 0.219 e. The van der Waals surface area contributed by atoms with E-state index in [9.17, 15) is 20.1 Å². The number of phenolic OH excluding ortho intramolecular Hbond substituents is 3. The lowest BCUT2D eigenvalue weighted by atomic mass is 10.0. The first-order valence-electron chi connectivity index (χ1n) is 7.98. The fraction of sp³-hybridized carbons (Fsp3) is 0.278. The Morgan fingerprint density at radius 3 is 2.38 bits per heavy atom. The summed E-state index contributed by atoms with van der Waals surface area (Å²) in [6.07, 6.45) is -1.35. The van der Waals surface area contributed by atoms with E-state index in [1.165, 1.54) is 19.1 Å². The van der Waals surface area contributed by atoms with E-state index in [1.54, 1.807) is 18.2 Å². The molecule has 1 aliphatic rings. The number of rotatable bonds is 4. The van der Waals surface area contributed by atoms with Crippen LogP contribution in [0.25, 0.3) is 0 Å². The summed E-state index contributed by atoms with van der Waals surface area (Å²) < 4.78 is 11.8. The maximum absolute atomic E-state index is 11.5. The minimum Gasteiger partial charge on any atom is -0.504 e. The number of benzene rings is 2. The SMILES string of the molecule is CC(=O)NC1Oc2ccc(CCO)cc2OC1c1cc(O)c(O)c(O)c1. The van der Waals surface area contributed by atoms with Crippen LogP contribution in [0, 0.1) is 0 Å². The van der Waals surface area contributed by atoms with Crippen molar-refractivity contribution in [1.82, 2.24) is 5.32 Å². The van der Waals surface area contributed by atoms with E-state index >= 15 is 0 Å². The minimum atomic E-state index is -0.910. The highest BCUT2D eigenvalue weighted by Crippen LogP contribution is 2.43. The molecular weight excluding hydrogens is 342 g/mol. The first-order chi connectivity index (χ1) is 12.4. The Morgan fingerprint density at radius 1 is 1.08 bits per heavy atom. The van der Waals surface area contributed by atoms with Crippen molar-refractivity contribution in [1.29, 1.82) is 0 Å². The number of aliphatic hydroxyl groups excluding tert-OH is 1. The summed E-state index contributed by atoms with van der Waals surface area (Å²) in [6, 6.07) is 7.61. The first kappa shape index (κ1) is 17.7. The molecule has 5 N–H and O–H groups in total. The molecule has 26 heavy (non-hydrogen) atoms. The van der Waals surface area contributed by atoms with Crippen molar-refractivity contribution in [3.63, 3.8) is 0 Å². The standard InChI is InChI=1S/C18H19NO7/c1-9(21)19-18-17(11-7-12(22)16(24)13(23)8-11)25-15-6-10(4-5-20)2-3-14(15)26-18/h2-3,6-8,17-18,20,22-24H,4-5H2,1H3,(H,19,21). The topological polar surface area (TPSA) is 128 Å². The largest absolute Gasteiger partial charge is 0.504 e. The van der Waals surface area contributed by atoms with E-state index in [0.29, 0.717) is 23.5 Å². The molecule has 8 nitrogen and oxygen atoms in total. The second-order valence-electron chi connectivity index (χ2n) is 5.94. The van der Waals surface area contributed by atoms with E-state index in [0.717, 1.165) is 5.56 Å². The van der Waals surface area contributed by atoms with Crippen LogP contribution in [0.2, 0.25) is 0 Å². The number of amides is 1. The molecule has 2 aromatic carbocycles. The molecular formula is C18H19NO7. The number of hydrogen-bond donors (Lipinski definition) is 5. The molecule has 1 amide bonds. The van der Waals surface area contributed by atoms with E-state index in [1.807, 2.05) is 0 Å². The third-order valence-electron chi connectivity index (χ3n) is 3.96. The zero-order chi connectivity index (χ0) is 18.8. The Kier molecular flexibility index (Phi) is 4.77. The lowest BCUT2D eigenvalue weighted by Gasteiger charge is -2.34. The molecule has 2 aromatic rings. The number of fused-ring (bicyclic) bond motifs is 1. The molecule has 0 radical (unpaired) electrons. The highest BCUT2D eigenvalue weighted by Gasteiger charge is 2.34. The van der Waals surface area contributed by atoms with E-state index in [2.05, 4.69) is 5.32 Å². The molecule has 0 spiro atoms. The van der Waals surface area contributed by atoms with Crippen LogP contribution in [-0.4, -0.2) is 39.2 Å². The summed E-state index contributed by atoms with van der Waals surface area (Å²) in [5.41, 5.74) is 1.14. The molecule has 0 aromatic heterocycles. The molecule has 1 heterocycles. The number of aromatic hydroxyl groups is 3. The van der Waals surface area contributed by atoms with Crippen molar-refractivity contribution < 1.29 is 34.7 Å². The normalized spacial score (nSPS) is 18.4. The van der Waals surface area contributed by atoms with Gasteiger partial charge in [0, 0.05) is 19.1 Å². The molecule has 138 valence electrons. The molecule has 8 heteroatoms. The zero-order valence-corrected chi connectivity index (χ0v) is 14.0. The summed E-state index contributed by atoms with van der Waals surface area (Å²) in [6.45, 7) is 1.31. The van der Waals surface area contributed by atoms with Crippen LogP contribution in [0.5, 0.6) is 28.7 Å². The Balaban J connectivity index is 2.01. The van der Waals surface area contributed by atoms with Crippen molar-refractivity contribution in [2.24, 2.45) is 0 Å². The number of phenols is 3. The van der Waals surface area contributed by atoms with E-state index in [4.69, 9.17) is 14.6 Å². The monoisotopic (exact) mass is 361 g/mol. The van der Waals surface area contributed by atoms with Gasteiger partial charge in [-0.25, -0.2) is 0 Å². The fourth-order valence-electron chi connectivity index (χ4n) is 2.76. The van der Waals surface area contributed by atoms with Gasteiger partial charge in [0.05, 0.1) is 0 Å². The van der Waals surface area contributed by atoms with Crippen molar-refractivity contribution in [2.75, 3.05) is 6.61 Å². The van der Waals surface area contributed by atoms with E-state index in [-0.39, 0.29) is 12.5 Å². The Morgan fingerprint density at radius 2 is 1.77 bits per heavy atom. The van der Waals surface area contributed by atoms with Gasteiger partial charge >= 0.3 is 0 Å². The van der Waals surface area contributed by atoms with Gasteiger partial charge in [-0.3, -0.25) is 4.79 Å². The van der Waals surface area contributed by atoms with Crippen LogP contribution >= 0.6 is 0 Å². The predicted molar refractivity (Wildman–Crippen MR) is 90.3 cm³/mol. The average molecular weight is 361 g/mol. The number of nitrogens with one attached hydrogen (secondary N) is 1. The van der Waals surface area contributed by atoms with Gasteiger partial charge < -0.3 is 35.2 Å². The molecule has 0 saturated heterocycles. The summed E-state index contributed by atoms with van der Waals surface area (Å²) in [5, 5.41) is 40.8. The molecule has 0 aliphatic carbocycles. The number of aliphatic hydroxyl groups is 1. The van der Waals surface area contributed by atoms with Gasteiger partial charge in [0.25, 0.3) is 0 Å². The summed E-state index contributed by atoms with van der Waals surface area (Å²) >= 11 is 0. The predicted octanol–water partition coefficient (Wildman–Crippen LogP) is 1.31. The molecule has 2 unspecified atom stereocenters. The van der Waals surface area contributed by atoms with Gasteiger partial charge in [-0.2, -0.15) is 0 Å². The second-order valence-corrected chi connectivity index (χ2v) is 5.94. The minimum absolute atomic E-state index is 0.0166. The smallest absolute Gasteiger partial charge is 0.219 e. The van der Waals surface area contributed by atoms with Crippen LogP contribution in [0.1, 0.15) is 24.2 Å². The highest BCUT2D eigenvalue weighted by atomic mass is 16.6. The molecule has 1 aliphatic heterocycles. The third-order valence-corrected chi connectivity index (χ3v) is 3.96. The molecule has 0 bridgehead atoms. The lowest BCUT2D eigenvalue weighted by molar-refractivity contribution is -0.124. The Hall–Kier alpha value is -3.13. The molecule has 0 fully saturated rings. The number of carbonyl (C=O) groups is 1. The highest BCUT2D eigenvalue weighted by molar-refractivity contribution is 5.73.